The number of ether oxygens (including phenoxy) is 1. The lowest BCUT2D eigenvalue weighted by atomic mass is 10.1. The van der Waals surface area contributed by atoms with Crippen molar-refractivity contribution in [2.75, 3.05) is 6.61 Å². The van der Waals surface area contributed by atoms with Crippen LogP contribution < -0.4 is 0 Å². The number of amides is 2. The van der Waals surface area contributed by atoms with E-state index in [2.05, 4.69) is 9.02 Å². The number of carbonyl (C=O) groups excluding carboxylic acids is 3. The van der Waals surface area contributed by atoms with Crippen molar-refractivity contribution in [1.82, 2.24) is 5.06 Å². The van der Waals surface area contributed by atoms with E-state index in [9.17, 15) is 31.6 Å². The van der Waals surface area contributed by atoms with Crippen LogP contribution in [0.25, 0.3) is 0 Å². The standard InChI is InChI=1S/C14H21F2NO7S/c1-2-3-4-5-6-10-23-13(20)14(15,16)25(21,22)24-17-11(18)8-7-9-12(17)19/h2-10H2,1H3. The van der Waals surface area contributed by atoms with Gasteiger partial charge in [0.1, 0.15) is 0 Å². The maximum atomic E-state index is 13.8. The summed E-state index contributed by atoms with van der Waals surface area (Å²) in [4.78, 5) is 34.2. The van der Waals surface area contributed by atoms with Crippen LogP contribution in [0.3, 0.4) is 0 Å². The van der Waals surface area contributed by atoms with E-state index in [0.29, 0.717) is 12.8 Å². The molecule has 11 heteroatoms. The molecule has 1 saturated heterocycles. The van der Waals surface area contributed by atoms with Crippen LogP contribution in [0, 0.1) is 0 Å². The minimum atomic E-state index is -5.90. The monoisotopic (exact) mass is 385 g/mol. The summed E-state index contributed by atoms with van der Waals surface area (Å²) in [6.07, 6.45) is 3.42. The molecule has 1 heterocycles. The van der Waals surface area contributed by atoms with E-state index in [-0.39, 0.29) is 30.9 Å². The van der Waals surface area contributed by atoms with Crippen molar-refractivity contribution in [3.63, 3.8) is 0 Å². The van der Waals surface area contributed by atoms with Crippen LogP contribution in [0.5, 0.6) is 0 Å². The number of piperidine rings is 1. The van der Waals surface area contributed by atoms with Crippen LogP contribution in [0.4, 0.5) is 8.78 Å². The quantitative estimate of drug-likeness (QED) is 0.321. The number of unbranched alkanes of at least 4 members (excludes halogenated alkanes) is 4. The molecule has 0 aromatic rings. The van der Waals surface area contributed by atoms with Gasteiger partial charge in [-0.1, -0.05) is 32.6 Å². The lowest BCUT2D eigenvalue weighted by molar-refractivity contribution is -0.179. The summed E-state index contributed by atoms with van der Waals surface area (Å²) < 4.78 is 59.0. The minimum Gasteiger partial charge on any atom is -0.460 e. The molecule has 0 aliphatic carbocycles. The molecule has 0 unspecified atom stereocenters. The summed E-state index contributed by atoms with van der Waals surface area (Å²) in [7, 11) is -5.90. The maximum absolute atomic E-state index is 13.8. The molecule has 0 spiro atoms. The Labute approximate surface area is 144 Å². The van der Waals surface area contributed by atoms with E-state index < -0.39 is 33.2 Å². The summed E-state index contributed by atoms with van der Waals surface area (Å²) in [5, 5.41) is -5.28. The van der Waals surface area contributed by atoms with Crippen LogP contribution >= 0.6 is 0 Å². The van der Waals surface area contributed by atoms with Crippen LogP contribution in [0.2, 0.25) is 0 Å². The molecule has 0 aromatic heterocycles. The van der Waals surface area contributed by atoms with Crippen molar-refractivity contribution in [2.24, 2.45) is 0 Å². The summed E-state index contributed by atoms with van der Waals surface area (Å²) in [5.74, 6) is -4.44. The normalized spacial score (nSPS) is 16.2. The fourth-order valence-corrected chi connectivity index (χ4v) is 2.74. The van der Waals surface area contributed by atoms with Gasteiger partial charge in [-0.2, -0.15) is 17.2 Å². The number of alkyl halides is 2. The van der Waals surface area contributed by atoms with E-state index in [0.717, 1.165) is 19.3 Å². The molecule has 0 N–H and O–H groups in total. The first kappa shape index (κ1) is 21.4. The SMILES string of the molecule is CCCCCCCOC(=O)C(F)(F)S(=O)(=O)ON1C(=O)CCCC1=O. The van der Waals surface area contributed by atoms with Gasteiger partial charge in [-0.05, 0) is 12.8 Å². The van der Waals surface area contributed by atoms with Gasteiger partial charge in [0, 0.05) is 12.8 Å². The molecule has 2 amide bonds. The molecule has 1 aliphatic rings. The summed E-state index contributed by atoms with van der Waals surface area (Å²) >= 11 is 0. The zero-order valence-electron chi connectivity index (χ0n) is 13.8. The van der Waals surface area contributed by atoms with E-state index in [1.165, 1.54) is 0 Å². The first-order valence-electron chi connectivity index (χ1n) is 7.98. The molecule has 1 aliphatic heterocycles. The second-order valence-corrected chi connectivity index (χ2v) is 7.10. The number of halogens is 2. The average molecular weight is 385 g/mol. The predicted molar refractivity (Wildman–Crippen MR) is 80.4 cm³/mol. The van der Waals surface area contributed by atoms with Gasteiger partial charge in [0.15, 0.2) is 0 Å². The Morgan fingerprint density at radius 2 is 1.68 bits per heavy atom. The third kappa shape index (κ3) is 5.70. The number of hydrogen-bond donors (Lipinski definition) is 0. The molecule has 0 radical (unpaired) electrons. The number of imide groups is 1. The van der Waals surface area contributed by atoms with Gasteiger partial charge in [-0.25, -0.2) is 4.79 Å². The van der Waals surface area contributed by atoms with Gasteiger partial charge in [0.2, 0.25) is 0 Å². The zero-order valence-corrected chi connectivity index (χ0v) is 14.6. The van der Waals surface area contributed by atoms with E-state index >= 15 is 0 Å². The van der Waals surface area contributed by atoms with Crippen LogP contribution in [-0.4, -0.2) is 43.1 Å². The summed E-state index contributed by atoms with van der Waals surface area (Å²) in [6, 6.07) is 0. The summed E-state index contributed by atoms with van der Waals surface area (Å²) in [5.41, 5.74) is 0. The molecule has 0 atom stereocenters. The highest BCUT2D eigenvalue weighted by Crippen LogP contribution is 2.27. The van der Waals surface area contributed by atoms with Crippen molar-refractivity contribution in [3.05, 3.63) is 0 Å². The second kappa shape index (κ2) is 9.18. The number of rotatable bonds is 10. The predicted octanol–water partition coefficient (Wildman–Crippen LogP) is 1.89. The average Bonchev–Trinajstić information content (AvgIpc) is 2.54. The van der Waals surface area contributed by atoms with E-state index in [1.54, 1.807) is 0 Å². The molecule has 0 aromatic carbocycles. The second-order valence-electron chi connectivity index (χ2n) is 5.53. The Morgan fingerprint density at radius 1 is 1.12 bits per heavy atom. The molecular formula is C14H21F2NO7S. The Morgan fingerprint density at radius 3 is 2.24 bits per heavy atom. The van der Waals surface area contributed by atoms with Crippen LogP contribution in [0.15, 0.2) is 0 Å². The molecule has 1 fully saturated rings. The summed E-state index contributed by atoms with van der Waals surface area (Å²) in [6.45, 7) is 1.62. The number of hydroxylamine groups is 2. The first-order chi connectivity index (χ1) is 11.6. The third-order valence-electron chi connectivity index (χ3n) is 3.44. The van der Waals surface area contributed by atoms with Gasteiger partial charge in [0.25, 0.3) is 11.8 Å². The molecule has 1 rings (SSSR count). The highest BCUT2D eigenvalue weighted by Gasteiger charge is 2.58. The highest BCUT2D eigenvalue weighted by molar-refractivity contribution is 7.88. The third-order valence-corrected chi connectivity index (χ3v) is 4.58. The van der Waals surface area contributed by atoms with Crippen molar-refractivity contribution < 1.29 is 40.6 Å². The van der Waals surface area contributed by atoms with Crippen molar-refractivity contribution in [3.8, 4) is 0 Å². The van der Waals surface area contributed by atoms with Gasteiger partial charge < -0.3 is 4.74 Å². The zero-order chi connectivity index (χ0) is 19.1. The van der Waals surface area contributed by atoms with Crippen LogP contribution in [0.1, 0.15) is 58.3 Å². The molecule has 8 nitrogen and oxygen atoms in total. The largest absolute Gasteiger partial charge is 0.467 e. The highest BCUT2D eigenvalue weighted by atomic mass is 32.2. The van der Waals surface area contributed by atoms with E-state index in [1.807, 2.05) is 6.92 Å². The molecule has 0 saturated carbocycles. The van der Waals surface area contributed by atoms with Gasteiger partial charge >= 0.3 is 21.3 Å². The van der Waals surface area contributed by atoms with Crippen molar-refractivity contribution >= 4 is 27.9 Å². The number of esters is 1. The molecular weight excluding hydrogens is 364 g/mol. The Kier molecular flexibility index (Phi) is 7.87. The number of nitrogens with zero attached hydrogens (tertiary/aromatic N) is 1. The van der Waals surface area contributed by atoms with Gasteiger partial charge in [-0.15, -0.1) is 9.35 Å². The Hall–Kier alpha value is -1.62. The number of carbonyl (C=O) groups is 3. The Bertz CT molecular complexity index is 590. The number of hydrogen-bond acceptors (Lipinski definition) is 7. The maximum Gasteiger partial charge on any atom is 0.467 e. The lowest BCUT2D eigenvalue weighted by Crippen LogP contribution is -2.48. The fraction of sp³-hybridized carbons (Fsp3) is 0.786. The van der Waals surface area contributed by atoms with Gasteiger partial charge in [0.05, 0.1) is 6.61 Å². The smallest absolute Gasteiger partial charge is 0.460 e. The lowest BCUT2D eigenvalue weighted by Gasteiger charge is -2.24. The molecule has 0 bridgehead atoms. The van der Waals surface area contributed by atoms with Crippen LogP contribution in [-0.2, 0) is 33.5 Å². The van der Waals surface area contributed by atoms with Crippen molar-refractivity contribution in [1.29, 1.82) is 0 Å². The topological polar surface area (TPSA) is 107 Å². The molecule has 25 heavy (non-hydrogen) atoms. The minimum absolute atomic E-state index is 0.161. The molecule has 144 valence electrons. The Balaban J connectivity index is 2.63. The van der Waals surface area contributed by atoms with Gasteiger partial charge in [-0.3, -0.25) is 9.59 Å². The van der Waals surface area contributed by atoms with E-state index in [4.69, 9.17) is 0 Å². The fourth-order valence-electron chi connectivity index (χ4n) is 2.02. The first-order valence-corrected chi connectivity index (χ1v) is 9.39. The van der Waals surface area contributed by atoms with Crippen molar-refractivity contribution in [2.45, 2.75) is 63.5 Å².